The number of nitrogen functional groups attached to an aromatic ring is 1. The number of benzene rings is 1. The summed E-state index contributed by atoms with van der Waals surface area (Å²) in [5, 5.41) is 16.1. The van der Waals surface area contributed by atoms with E-state index < -0.39 is 0 Å². The van der Waals surface area contributed by atoms with Crippen LogP contribution in [0.2, 0.25) is 0 Å². The van der Waals surface area contributed by atoms with Crippen molar-refractivity contribution in [3.05, 3.63) is 40.0 Å². The highest BCUT2D eigenvalue weighted by Gasteiger charge is 2.06. The molecule has 0 spiro atoms. The van der Waals surface area contributed by atoms with E-state index in [0.717, 1.165) is 15.7 Å². The second-order valence-electron chi connectivity index (χ2n) is 3.84. The summed E-state index contributed by atoms with van der Waals surface area (Å²) in [5.41, 5.74) is 8.33. The van der Waals surface area contributed by atoms with Gasteiger partial charge in [0.15, 0.2) is 0 Å². The molecule has 0 atom stereocenters. The smallest absolute Gasteiger partial charge is 0.126 e. The Bertz CT molecular complexity index is 611. The minimum absolute atomic E-state index is 0.587. The minimum Gasteiger partial charge on any atom is -0.384 e. The van der Waals surface area contributed by atoms with Crippen LogP contribution < -0.4 is 11.1 Å². The van der Waals surface area contributed by atoms with Crippen LogP contribution in [0.5, 0.6) is 0 Å². The number of nitrogens with two attached hydrogens (primary N) is 1. The van der Waals surface area contributed by atoms with Crippen LogP contribution in [0, 0.1) is 11.3 Å². The standard InChI is InChI=1S/C12H12BrN5/c1-18-12(15)9(7-17-18)6-16-11-3-2-8(5-14)4-10(11)13/h2-4,7,16H,6,15H2,1H3. The van der Waals surface area contributed by atoms with Crippen LogP contribution in [0.3, 0.4) is 0 Å². The molecule has 92 valence electrons. The molecule has 6 heteroatoms. The molecule has 2 rings (SSSR count). The zero-order chi connectivity index (χ0) is 13.1. The van der Waals surface area contributed by atoms with Gasteiger partial charge in [0.25, 0.3) is 0 Å². The summed E-state index contributed by atoms with van der Waals surface area (Å²) in [6.45, 7) is 0.587. The minimum atomic E-state index is 0.587. The third kappa shape index (κ3) is 2.46. The average Bonchev–Trinajstić information content (AvgIpc) is 2.68. The van der Waals surface area contributed by atoms with Crippen LogP contribution in [0.15, 0.2) is 28.9 Å². The van der Waals surface area contributed by atoms with E-state index in [1.807, 2.05) is 6.07 Å². The molecule has 0 bridgehead atoms. The van der Waals surface area contributed by atoms with Crippen molar-refractivity contribution in [2.24, 2.45) is 7.05 Å². The molecule has 2 aromatic rings. The molecule has 0 saturated heterocycles. The van der Waals surface area contributed by atoms with Gasteiger partial charge in [-0.25, -0.2) is 0 Å². The topological polar surface area (TPSA) is 79.7 Å². The number of anilines is 2. The van der Waals surface area contributed by atoms with Crippen LogP contribution in [0.1, 0.15) is 11.1 Å². The van der Waals surface area contributed by atoms with Gasteiger partial charge in [-0.1, -0.05) is 0 Å². The molecular weight excluding hydrogens is 294 g/mol. The van der Waals surface area contributed by atoms with Crippen molar-refractivity contribution in [3.63, 3.8) is 0 Å². The Balaban J connectivity index is 2.11. The molecule has 0 aliphatic heterocycles. The van der Waals surface area contributed by atoms with Crippen LogP contribution in [0.4, 0.5) is 11.5 Å². The van der Waals surface area contributed by atoms with Crippen molar-refractivity contribution in [1.29, 1.82) is 5.26 Å². The van der Waals surface area contributed by atoms with E-state index in [4.69, 9.17) is 11.0 Å². The Labute approximate surface area is 113 Å². The van der Waals surface area contributed by atoms with Gasteiger partial charge in [-0.05, 0) is 34.1 Å². The quantitative estimate of drug-likeness (QED) is 0.911. The summed E-state index contributed by atoms with van der Waals surface area (Å²) in [7, 11) is 1.80. The van der Waals surface area contributed by atoms with Gasteiger partial charge in [0.1, 0.15) is 5.82 Å². The molecule has 0 fully saturated rings. The Morgan fingerprint density at radius 1 is 1.56 bits per heavy atom. The molecule has 1 heterocycles. The summed E-state index contributed by atoms with van der Waals surface area (Å²) >= 11 is 3.42. The fourth-order valence-electron chi connectivity index (χ4n) is 1.55. The highest BCUT2D eigenvalue weighted by atomic mass is 79.9. The molecule has 18 heavy (non-hydrogen) atoms. The Morgan fingerprint density at radius 2 is 2.33 bits per heavy atom. The summed E-state index contributed by atoms with van der Waals surface area (Å²) in [6, 6.07) is 7.48. The molecule has 0 saturated carbocycles. The van der Waals surface area contributed by atoms with Gasteiger partial charge < -0.3 is 11.1 Å². The van der Waals surface area contributed by atoms with Crippen molar-refractivity contribution in [1.82, 2.24) is 9.78 Å². The van der Waals surface area contributed by atoms with Crippen molar-refractivity contribution in [2.45, 2.75) is 6.54 Å². The van der Waals surface area contributed by atoms with Gasteiger partial charge in [-0.3, -0.25) is 4.68 Å². The largest absolute Gasteiger partial charge is 0.384 e. The molecule has 5 nitrogen and oxygen atoms in total. The maximum Gasteiger partial charge on any atom is 0.126 e. The highest BCUT2D eigenvalue weighted by molar-refractivity contribution is 9.10. The third-order valence-corrected chi connectivity index (χ3v) is 3.29. The van der Waals surface area contributed by atoms with E-state index in [9.17, 15) is 0 Å². The molecular formula is C12H12BrN5. The summed E-state index contributed by atoms with van der Waals surface area (Å²) in [4.78, 5) is 0. The van der Waals surface area contributed by atoms with Crippen LogP contribution in [-0.4, -0.2) is 9.78 Å². The van der Waals surface area contributed by atoms with Gasteiger partial charge in [0, 0.05) is 29.3 Å². The number of halogens is 1. The molecule has 1 aromatic carbocycles. The van der Waals surface area contributed by atoms with Gasteiger partial charge >= 0.3 is 0 Å². The van der Waals surface area contributed by atoms with Crippen molar-refractivity contribution < 1.29 is 0 Å². The summed E-state index contributed by atoms with van der Waals surface area (Å²) in [6.07, 6.45) is 1.74. The zero-order valence-corrected chi connectivity index (χ0v) is 11.4. The van der Waals surface area contributed by atoms with Crippen molar-refractivity contribution >= 4 is 27.4 Å². The van der Waals surface area contributed by atoms with Crippen molar-refractivity contribution in [3.8, 4) is 6.07 Å². The Kier molecular flexibility index (Phi) is 3.53. The lowest BCUT2D eigenvalue weighted by atomic mass is 10.2. The number of rotatable bonds is 3. The third-order valence-electron chi connectivity index (χ3n) is 2.63. The zero-order valence-electron chi connectivity index (χ0n) is 9.81. The van der Waals surface area contributed by atoms with Gasteiger partial charge in [0.05, 0.1) is 17.8 Å². The molecule has 0 aliphatic rings. The Morgan fingerprint density at radius 3 is 2.89 bits per heavy atom. The molecule has 0 aliphatic carbocycles. The normalized spacial score (nSPS) is 10.1. The molecule has 0 radical (unpaired) electrons. The second kappa shape index (κ2) is 5.10. The van der Waals surface area contributed by atoms with Crippen LogP contribution >= 0.6 is 15.9 Å². The number of hydrogen-bond donors (Lipinski definition) is 2. The summed E-state index contributed by atoms with van der Waals surface area (Å²) < 4.78 is 2.48. The van der Waals surface area contributed by atoms with E-state index >= 15 is 0 Å². The number of aromatic nitrogens is 2. The number of nitrogens with zero attached hydrogens (tertiary/aromatic N) is 3. The second-order valence-corrected chi connectivity index (χ2v) is 4.69. The molecule has 1 aromatic heterocycles. The lowest BCUT2D eigenvalue weighted by molar-refractivity contribution is 0.778. The monoisotopic (exact) mass is 305 g/mol. The first-order valence-corrected chi connectivity index (χ1v) is 6.11. The van der Waals surface area contributed by atoms with E-state index in [1.54, 1.807) is 30.1 Å². The highest BCUT2D eigenvalue weighted by Crippen LogP contribution is 2.24. The summed E-state index contributed by atoms with van der Waals surface area (Å²) in [5.74, 6) is 0.646. The van der Waals surface area contributed by atoms with E-state index in [1.165, 1.54) is 0 Å². The average molecular weight is 306 g/mol. The lowest BCUT2D eigenvalue weighted by Crippen LogP contribution is -2.04. The molecule has 0 unspecified atom stereocenters. The number of nitriles is 1. The number of nitrogens with one attached hydrogen (secondary N) is 1. The maximum atomic E-state index is 8.78. The predicted molar refractivity (Wildman–Crippen MR) is 73.8 cm³/mol. The fraction of sp³-hybridized carbons (Fsp3) is 0.167. The fourth-order valence-corrected chi connectivity index (χ4v) is 2.07. The SMILES string of the molecule is Cn1ncc(CNc2ccc(C#N)cc2Br)c1N. The van der Waals surface area contributed by atoms with E-state index in [2.05, 4.69) is 32.4 Å². The first-order valence-electron chi connectivity index (χ1n) is 5.31. The first-order chi connectivity index (χ1) is 8.61. The van der Waals surface area contributed by atoms with Gasteiger partial charge in [0.2, 0.25) is 0 Å². The van der Waals surface area contributed by atoms with Crippen LogP contribution in [0.25, 0.3) is 0 Å². The molecule has 0 amide bonds. The van der Waals surface area contributed by atoms with Gasteiger partial charge in [-0.2, -0.15) is 10.4 Å². The maximum absolute atomic E-state index is 8.78. The molecule has 3 N–H and O–H groups in total. The first kappa shape index (κ1) is 12.5. The number of hydrogen-bond acceptors (Lipinski definition) is 4. The number of aryl methyl sites for hydroxylation is 1. The van der Waals surface area contributed by atoms with E-state index in [0.29, 0.717) is 17.9 Å². The van der Waals surface area contributed by atoms with Crippen LogP contribution in [-0.2, 0) is 13.6 Å². The Hall–Kier alpha value is -2.00. The van der Waals surface area contributed by atoms with E-state index in [-0.39, 0.29) is 0 Å². The predicted octanol–water partition coefficient (Wildman–Crippen LogP) is 2.25. The van der Waals surface area contributed by atoms with Crippen molar-refractivity contribution in [2.75, 3.05) is 11.1 Å². The lowest BCUT2D eigenvalue weighted by Gasteiger charge is -2.08. The van der Waals surface area contributed by atoms with Gasteiger partial charge in [-0.15, -0.1) is 0 Å².